The van der Waals surface area contributed by atoms with Crippen LogP contribution in [0.2, 0.25) is 0 Å². The molecule has 0 amide bonds. The van der Waals surface area contributed by atoms with Crippen molar-refractivity contribution in [3.63, 3.8) is 0 Å². The van der Waals surface area contributed by atoms with Gasteiger partial charge in [-0.2, -0.15) is 4.57 Å². The number of pyridine rings is 1. The zero-order valence-corrected chi connectivity index (χ0v) is 8.24. The van der Waals surface area contributed by atoms with Crippen molar-refractivity contribution in [3.05, 3.63) is 40.9 Å². The van der Waals surface area contributed by atoms with Crippen LogP contribution >= 0.6 is 0 Å². The molecular weight excluding hydrogens is 190 g/mol. The lowest BCUT2D eigenvalue weighted by atomic mass is 10.2. The van der Waals surface area contributed by atoms with E-state index in [4.69, 9.17) is 0 Å². The van der Waals surface area contributed by atoms with Crippen molar-refractivity contribution in [1.82, 2.24) is 9.97 Å². The molecular formula is C11H10N3O+. The maximum atomic E-state index is 11.2. The normalized spacial score (nSPS) is 11.3. The smallest absolute Gasteiger partial charge is 0.305 e. The maximum absolute atomic E-state index is 11.2. The van der Waals surface area contributed by atoms with Crippen molar-refractivity contribution in [3.8, 4) is 0 Å². The summed E-state index contributed by atoms with van der Waals surface area (Å²) < 4.78 is 2.00. The summed E-state index contributed by atoms with van der Waals surface area (Å²) in [5.41, 5.74) is 2.64. The van der Waals surface area contributed by atoms with Gasteiger partial charge in [0.05, 0.1) is 10.9 Å². The van der Waals surface area contributed by atoms with Crippen LogP contribution in [0.5, 0.6) is 0 Å². The fraction of sp³-hybridized carbons (Fsp3) is 0.0909. The number of hydrogen-bond acceptors (Lipinski definition) is 1. The van der Waals surface area contributed by atoms with Crippen LogP contribution < -0.4 is 10.3 Å². The van der Waals surface area contributed by atoms with Crippen LogP contribution in [-0.4, -0.2) is 9.97 Å². The maximum Gasteiger partial charge on any atom is 0.323 e. The summed E-state index contributed by atoms with van der Waals surface area (Å²) in [7, 11) is 1.97. The lowest BCUT2D eigenvalue weighted by Crippen LogP contribution is -2.28. The summed E-state index contributed by atoms with van der Waals surface area (Å²) in [5.74, 6) is 0. The summed E-state index contributed by atoms with van der Waals surface area (Å²) in [4.78, 5) is 16.8. The van der Waals surface area contributed by atoms with E-state index in [-0.39, 0.29) is 5.69 Å². The van der Waals surface area contributed by atoms with E-state index >= 15 is 0 Å². The summed E-state index contributed by atoms with van der Waals surface area (Å²) >= 11 is 0. The first-order valence-corrected chi connectivity index (χ1v) is 4.75. The predicted molar refractivity (Wildman–Crippen MR) is 57.6 cm³/mol. The molecule has 2 aromatic heterocycles. The molecule has 3 aromatic rings. The minimum absolute atomic E-state index is 0.165. The van der Waals surface area contributed by atoms with E-state index in [0.717, 1.165) is 21.9 Å². The highest BCUT2D eigenvalue weighted by molar-refractivity contribution is 5.99. The highest BCUT2D eigenvalue weighted by Crippen LogP contribution is 2.17. The van der Waals surface area contributed by atoms with Crippen molar-refractivity contribution < 1.29 is 4.57 Å². The van der Waals surface area contributed by atoms with Gasteiger partial charge in [0, 0.05) is 6.07 Å². The Morgan fingerprint density at radius 1 is 1.20 bits per heavy atom. The number of aromatic nitrogens is 3. The number of H-pyrrole nitrogens is 2. The van der Waals surface area contributed by atoms with Crippen molar-refractivity contribution in [1.29, 1.82) is 0 Å². The van der Waals surface area contributed by atoms with Gasteiger partial charge in [0.2, 0.25) is 5.52 Å². The molecule has 1 aromatic carbocycles. The molecule has 0 aliphatic carbocycles. The Morgan fingerprint density at radius 2 is 2.00 bits per heavy atom. The molecule has 0 aliphatic rings. The second kappa shape index (κ2) is 2.70. The summed E-state index contributed by atoms with van der Waals surface area (Å²) in [6, 6.07) is 7.98. The molecule has 0 bridgehead atoms. The quantitative estimate of drug-likeness (QED) is 0.519. The van der Waals surface area contributed by atoms with Gasteiger partial charge in [0.25, 0.3) is 0 Å². The van der Waals surface area contributed by atoms with E-state index in [1.54, 1.807) is 0 Å². The number of rotatable bonds is 0. The van der Waals surface area contributed by atoms with Gasteiger partial charge in [0.1, 0.15) is 12.6 Å². The molecule has 0 atom stereocenters. The highest BCUT2D eigenvalue weighted by atomic mass is 16.1. The van der Waals surface area contributed by atoms with E-state index in [9.17, 15) is 4.79 Å². The summed E-state index contributed by atoms with van der Waals surface area (Å²) in [6.07, 6.45) is 1.91. The van der Waals surface area contributed by atoms with Gasteiger partial charge in [-0.25, -0.2) is 4.79 Å². The van der Waals surface area contributed by atoms with Crippen LogP contribution in [0.15, 0.2) is 35.3 Å². The van der Waals surface area contributed by atoms with Crippen LogP contribution in [0, 0.1) is 0 Å². The van der Waals surface area contributed by atoms with Crippen LogP contribution in [0.4, 0.5) is 0 Å². The number of aromatic amines is 2. The number of para-hydroxylation sites is 1. The third-order valence-electron chi connectivity index (χ3n) is 2.63. The van der Waals surface area contributed by atoms with Gasteiger partial charge in [-0.05, 0) is 6.07 Å². The second-order valence-electron chi connectivity index (χ2n) is 3.62. The highest BCUT2D eigenvalue weighted by Gasteiger charge is 2.11. The first-order chi connectivity index (χ1) is 7.25. The van der Waals surface area contributed by atoms with Crippen molar-refractivity contribution in [2.45, 2.75) is 0 Å². The van der Waals surface area contributed by atoms with Gasteiger partial charge >= 0.3 is 5.69 Å². The average molecular weight is 200 g/mol. The van der Waals surface area contributed by atoms with E-state index in [0.29, 0.717) is 0 Å². The standard InChI is InChI=1S/C11H9N3O/c1-14-6-8-10(13-11(15)12-8)7-4-2-3-5-9(7)14/h2-6H,1H3,(H,12,15)/p+1. The lowest BCUT2D eigenvalue weighted by molar-refractivity contribution is -0.643. The zero-order valence-electron chi connectivity index (χ0n) is 8.24. The molecule has 0 unspecified atom stereocenters. The fourth-order valence-electron chi connectivity index (χ4n) is 1.96. The van der Waals surface area contributed by atoms with Crippen molar-refractivity contribution >= 4 is 21.9 Å². The Hall–Kier alpha value is -2.10. The predicted octanol–water partition coefficient (Wildman–Crippen LogP) is 0.834. The van der Waals surface area contributed by atoms with E-state index in [1.165, 1.54) is 0 Å². The SMILES string of the molecule is C[n+]1cc2[nH]c(=O)[nH]c2c2ccccc21. The third kappa shape index (κ3) is 1.08. The molecule has 15 heavy (non-hydrogen) atoms. The molecule has 74 valence electrons. The molecule has 3 rings (SSSR count). The molecule has 0 radical (unpaired) electrons. The molecule has 0 spiro atoms. The number of benzene rings is 1. The van der Waals surface area contributed by atoms with Gasteiger partial charge < -0.3 is 9.97 Å². The third-order valence-corrected chi connectivity index (χ3v) is 2.63. The van der Waals surface area contributed by atoms with Crippen molar-refractivity contribution in [2.75, 3.05) is 0 Å². The van der Waals surface area contributed by atoms with E-state index in [2.05, 4.69) is 9.97 Å². The first-order valence-electron chi connectivity index (χ1n) is 4.75. The van der Waals surface area contributed by atoms with Crippen LogP contribution in [0.1, 0.15) is 0 Å². The largest absolute Gasteiger partial charge is 0.323 e. The topological polar surface area (TPSA) is 52.5 Å². The molecule has 4 nitrogen and oxygen atoms in total. The van der Waals surface area contributed by atoms with Gasteiger partial charge in [-0.1, -0.05) is 12.1 Å². The van der Waals surface area contributed by atoms with E-state index in [1.807, 2.05) is 42.1 Å². The Labute approximate surface area is 85.2 Å². The van der Waals surface area contributed by atoms with Crippen LogP contribution in [-0.2, 0) is 7.05 Å². The molecule has 2 heterocycles. The monoisotopic (exact) mass is 200 g/mol. The Balaban J connectivity index is 2.68. The fourth-order valence-corrected chi connectivity index (χ4v) is 1.96. The molecule has 0 aliphatic heterocycles. The van der Waals surface area contributed by atoms with Crippen molar-refractivity contribution in [2.24, 2.45) is 7.05 Å². The van der Waals surface area contributed by atoms with Crippen LogP contribution in [0.3, 0.4) is 0 Å². The molecule has 4 heteroatoms. The molecule has 0 saturated carbocycles. The summed E-state index contributed by atoms with van der Waals surface area (Å²) in [6.45, 7) is 0. The minimum atomic E-state index is -0.165. The number of aryl methyl sites for hydroxylation is 1. The van der Waals surface area contributed by atoms with Crippen LogP contribution in [0.25, 0.3) is 21.9 Å². The first kappa shape index (κ1) is 8.23. The average Bonchev–Trinajstić information content (AvgIpc) is 2.59. The molecule has 2 N–H and O–H groups in total. The Morgan fingerprint density at radius 3 is 2.87 bits per heavy atom. The lowest BCUT2D eigenvalue weighted by Gasteiger charge is -1.96. The number of fused-ring (bicyclic) bond motifs is 3. The number of hydrogen-bond donors (Lipinski definition) is 2. The number of nitrogens with one attached hydrogen (secondary N) is 2. The van der Waals surface area contributed by atoms with Gasteiger partial charge in [-0.15, -0.1) is 0 Å². The Kier molecular flexibility index (Phi) is 1.48. The number of imidazole rings is 1. The zero-order chi connectivity index (χ0) is 10.4. The van der Waals surface area contributed by atoms with Gasteiger partial charge in [0.15, 0.2) is 6.20 Å². The molecule has 0 fully saturated rings. The molecule has 0 saturated heterocycles. The second-order valence-corrected chi connectivity index (χ2v) is 3.62. The summed E-state index contributed by atoms with van der Waals surface area (Å²) in [5, 5.41) is 1.05. The number of nitrogens with zero attached hydrogens (tertiary/aromatic N) is 1. The van der Waals surface area contributed by atoms with E-state index < -0.39 is 0 Å². The Bertz CT molecular complexity index is 708. The minimum Gasteiger partial charge on any atom is -0.305 e. The van der Waals surface area contributed by atoms with Gasteiger partial charge in [-0.3, -0.25) is 0 Å².